The summed E-state index contributed by atoms with van der Waals surface area (Å²) >= 11 is 0. The molecule has 0 aromatic heterocycles. The molecule has 0 heterocycles. The van der Waals surface area contributed by atoms with Crippen LogP contribution in [0, 0.1) is 11.8 Å². The zero-order valence-corrected chi connectivity index (χ0v) is 10.5. The summed E-state index contributed by atoms with van der Waals surface area (Å²) < 4.78 is 0. The van der Waals surface area contributed by atoms with E-state index in [1.165, 1.54) is 57.8 Å². The maximum Gasteiger partial charge on any atom is 0.0474 e. The minimum absolute atomic E-state index is 0.379. The monoisotopic (exact) mass is 225 g/mol. The van der Waals surface area contributed by atoms with Crippen LogP contribution in [-0.4, -0.2) is 24.3 Å². The van der Waals surface area contributed by atoms with Crippen LogP contribution in [0.4, 0.5) is 0 Å². The van der Waals surface area contributed by atoms with Crippen molar-refractivity contribution in [1.82, 2.24) is 5.32 Å². The molecule has 0 amide bonds. The predicted octanol–water partition coefficient (Wildman–Crippen LogP) is 2.71. The fourth-order valence-electron chi connectivity index (χ4n) is 3.43. The molecule has 1 atom stereocenters. The molecule has 2 rings (SSSR count). The molecule has 0 aromatic carbocycles. The van der Waals surface area contributed by atoms with E-state index in [2.05, 4.69) is 5.32 Å². The summed E-state index contributed by atoms with van der Waals surface area (Å²) in [6.07, 6.45) is 12.3. The third-order valence-corrected chi connectivity index (χ3v) is 4.57. The number of aliphatic hydroxyl groups is 1. The van der Waals surface area contributed by atoms with Gasteiger partial charge in [0.15, 0.2) is 0 Å². The highest BCUT2D eigenvalue weighted by atomic mass is 16.3. The van der Waals surface area contributed by atoms with E-state index in [1.54, 1.807) is 0 Å². The van der Waals surface area contributed by atoms with Gasteiger partial charge in [0.25, 0.3) is 0 Å². The second-order valence-corrected chi connectivity index (χ2v) is 5.73. The second-order valence-electron chi connectivity index (χ2n) is 5.73. The first-order valence-corrected chi connectivity index (χ1v) is 7.24. The van der Waals surface area contributed by atoms with Crippen LogP contribution in [0.15, 0.2) is 0 Å². The average molecular weight is 225 g/mol. The molecule has 2 N–H and O–H groups in total. The van der Waals surface area contributed by atoms with Gasteiger partial charge in [-0.2, -0.15) is 0 Å². The first kappa shape index (κ1) is 12.4. The highest BCUT2D eigenvalue weighted by Gasteiger charge is 2.24. The van der Waals surface area contributed by atoms with Crippen molar-refractivity contribution in [2.75, 3.05) is 13.2 Å². The van der Waals surface area contributed by atoms with Gasteiger partial charge in [0, 0.05) is 19.2 Å². The molecule has 0 aromatic rings. The zero-order valence-electron chi connectivity index (χ0n) is 10.5. The standard InChI is InChI=1S/C14H27NO/c16-11-13(12-6-2-1-3-7-12)10-15-14-8-4-5-9-14/h12-16H,1-11H2. The van der Waals surface area contributed by atoms with Gasteiger partial charge in [0.1, 0.15) is 0 Å². The maximum absolute atomic E-state index is 9.51. The van der Waals surface area contributed by atoms with Crippen LogP contribution in [0.25, 0.3) is 0 Å². The van der Waals surface area contributed by atoms with Crippen LogP contribution in [0.5, 0.6) is 0 Å². The van der Waals surface area contributed by atoms with E-state index in [0.29, 0.717) is 12.5 Å². The summed E-state index contributed by atoms with van der Waals surface area (Å²) in [4.78, 5) is 0. The Morgan fingerprint density at radius 1 is 0.938 bits per heavy atom. The molecule has 2 fully saturated rings. The van der Waals surface area contributed by atoms with Crippen molar-refractivity contribution in [2.24, 2.45) is 11.8 Å². The summed E-state index contributed by atoms with van der Waals surface area (Å²) in [5.41, 5.74) is 0. The Balaban J connectivity index is 1.70. The number of hydrogen-bond donors (Lipinski definition) is 2. The first-order chi connectivity index (χ1) is 7.90. The van der Waals surface area contributed by atoms with Gasteiger partial charge in [-0.25, -0.2) is 0 Å². The summed E-state index contributed by atoms with van der Waals surface area (Å²) in [5.74, 6) is 1.30. The highest BCUT2D eigenvalue weighted by Crippen LogP contribution is 2.30. The third kappa shape index (κ3) is 3.46. The summed E-state index contributed by atoms with van der Waals surface area (Å²) in [7, 11) is 0. The van der Waals surface area contributed by atoms with Crippen molar-refractivity contribution >= 4 is 0 Å². The summed E-state index contributed by atoms with van der Waals surface area (Å²) in [6.45, 7) is 1.43. The molecule has 16 heavy (non-hydrogen) atoms. The Morgan fingerprint density at radius 2 is 1.56 bits per heavy atom. The molecule has 0 radical (unpaired) electrons. The number of rotatable bonds is 5. The largest absolute Gasteiger partial charge is 0.396 e. The minimum atomic E-state index is 0.379. The lowest BCUT2D eigenvalue weighted by Gasteiger charge is -2.30. The molecule has 1 unspecified atom stereocenters. The number of hydrogen-bond acceptors (Lipinski definition) is 2. The normalized spacial score (nSPS) is 26.1. The lowest BCUT2D eigenvalue weighted by atomic mass is 9.80. The van der Waals surface area contributed by atoms with Gasteiger partial charge in [0.05, 0.1) is 0 Å². The van der Waals surface area contributed by atoms with Crippen molar-refractivity contribution < 1.29 is 5.11 Å². The van der Waals surface area contributed by atoms with Gasteiger partial charge in [-0.15, -0.1) is 0 Å². The van der Waals surface area contributed by atoms with Crippen LogP contribution in [0.1, 0.15) is 57.8 Å². The van der Waals surface area contributed by atoms with E-state index >= 15 is 0 Å². The SMILES string of the molecule is OCC(CNC1CCCC1)C1CCCCC1. The molecule has 0 saturated heterocycles. The quantitative estimate of drug-likeness (QED) is 0.754. The highest BCUT2D eigenvalue weighted by molar-refractivity contribution is 4.79. The molecule has 94 valence electrons. The maximum atomic E-state index is 9.51. The van der Waals surface area contributed by atoms with Crippen LogP contribution < -0.4 is 5.32 Å². The summed E-state index contributed by atoms with van der Waals surface area (Å²) in [5, 5.41) is 13.2. The van der Waals surface area contributed by atoms with Gasteiger partial charge in [-0.1, -0.05) is 44.9 Å². The van der Waals surface area contributed by atoms with Crippen molar-refractivity contribution in [3.05, 3.63) is 0 Å². The Bertz CT molecular complexity index is 183. The predicted molar refractivity (Wildman–Crippen MR) is 67.4 cm³/mol. The second kappa shape index (κ2) is 6.61. The number of nitrogens with one attached hydrogen (secondary N) is 1. The van der Waals surface area contributed by atoms with E-state index in [1.807, 2.05) is 0 Å². The van der Waals surface area contributed by atoms with Gasteiger partial charge < -0.3 is 10.4 Å². The van der Waals surface area contributed by atoms with Gasteiger partial charge in [-0.05, 0) is 24.7 Å². The van der Waals surface area contributed by atoms with Crippen LogP contribution >= 0.6 is 0 Å². The molecular formula is C14H27NO. The smallest absolute Gasteiger partial charge is 0.0474 e. The topological polar surface area (TPSA) is 32.3 Å². The molecule has 0 bridgehead atoms. The molecule has 2 saturated carbocycles. The van der Waals surface area contributed by atoms with Gasteiger partial charge >= 0.3 is 0 Å². The fourth-order valence-corrected chi connectivity index (χ4v) is 3.43. The Hall–Kier alpha value is -0.0800. The number of aliphatic hydroxyl groups excluding tert-OH is 1. The Labute approximate surface area is 99.8 Å². The molecule has 0 spiro atoms. The van der Waals surface area contributed by atoms with E-state index in [4.69, 9.17) is 0 Å². The third-order valence-electron chi connectivity index (χ3n) is 4.57. The van der Waals surface area contributed by atoms with Gasteiger partial charge in [0.2, 0.25) is 0 Å². The lowest BCUT2D eigenvalue weighted by molar-refractivity contribution is 0.142. The fraction of sp³-hybridized carbons (Fsp3) is 1.00. The van der Waals surface area contributed by atoms with Crippen LogP contribution in [0.3, 0.4) is 0 Å². The van der Waals surface area contributed by atoms with Gasteiger partial charge in [-0.3, -0.25) is 0 Å². The lowest BCUT2D eigenvalue weighted by Crippen LogP contribution is -2.36. The van der Waals surface area contributed by atoms with E-state index in [0.717, 1.165) is 18.5 Å². The molecule has 0 aliphatic heterocycles. The van der Waals surface area contributed by atoms with Crippen molar-refractivity contribution in [1.29, 1.82) is 0 Å². The molecule has 2 aliphatic rings. The molecule has 2 heteroatoms. The molecular weight excluding hydrogens is 198 g/mol. The van der Waals surface area contributed by atoms with E-state index < -0.39 is 0 Å². The van der Waals surface area contributed by atoms with Crippen molar-refractivity contribution in [3.63, 3.8) is 0 Å². The zero-order chi connectivity index (χ0) is 11.2. The molecule has 2 aliphatic carbocycles. The van der Waals surface area contributed by atoms with Crippen LogP contribution in [-0.2, 0) is 0 Å². The minimum Gasteiger partial charge on any atom is -0.396 e. The summed E-state index contributed by atoms with van der Waals surface area (Å²) in [6, 6.07) is 0.748. The molecule has 2 nitrogen and oxygen atoms in total. The Morgan fingerprint density at radius 3 is 2.19 bits per heavy atom. The van der Waals surface area contributed by atoms with Crippen molar-refractivity contribution in [2.45, 2.75) is 63.8 Å². The first-order valence-electron chi connectivity index (χ1n) is 7.24. The van der Waals surface area contributed by atoms with Crippen LogP contribution in [0.2, 0.25) is 0 Å². The van der Waals surface area contributed by atoms with E-state index in [-0.39, 0.29) is 0 Å². The van der Waals surface area contributed by atoms with E-state index in [9.17, 15) is 5.11 Å². The average Bonchev–Trinajstić information content (AvgIpc) is 2.84. The van der Waals surface area contributed by atoms with Crippen molar-refractivity contribution in [3.8, 4) is 0 Å². The Kier molecular flexibility index (Phi) is 5.11.